The van der Waals surface area contributed by atoms with E-state index in [1.54, 1.807) is 0 Å². The molecule has 1 aromatic heterocycles. The predicted octanol–water partition coefficient (Wildman–Crippen LogP) is 1.15. The Hall–Kier alpha value is -1.36. The molecule has 1 unspecified atom stereocenters. The molecule has 5 nitrogen and oxygen atoms in total. The molecule has 0 saturated heterocycles. The fourth-order valence-corrected chi connectivity index (χ4v) is 1.90. The molecule has 0 spiro atoms. The molecule has 1 atom stereocenters. The van der Waals surface area contributed by atoms with Crippen molar-refractivity contribution in [3.05, 3.63) is 17.0 Å². The molecule has 0 bridgehead atoms. The quantitative estimate of drug-likeness (QED) is 0.699. The first-order chi connectivity index (χ1) is 7.59. The van der Waals surface area contributed by atoms with Crippen LogP contribution in [0.5, 0.6) is 0 Å². The summed E-state index contributed by atoms with van der Waals surface area (Å²) in [4.78, 5) is 11.2. The van der Waals surface area contributed by atoms with E-state index in [4.69, 9.17) is 0 Å². The number of nitrogens with zero attached hydrogens (tertiary/aromatic N) is 1. The van der Waals surface area contributed by atoms with Gasteiger partial charge < -0.3 is 10.4 Å². The Balaban J connectivity index is 2.14. The van der Waals surface area contributed by atoms with E-state index in [9.17, 15) is 9.90 Å². The van der Waals surface area contributed by atoms with Gasteiger partial charge in [0, 0.05) is 11.3 Å². The van der Waals surface area contributed by atoms with Crippen molar-refractivity contribution in [3.8, 4) is 0 Å². The lowest BCUT2D eigenvalue weighted by atomic mass is 10.1. The maximum absolute atomic E-state index is 11.2. The molecule has 1 aliphatic rings. The van der Waals surface area contributed by atoms with Crippen LogP contribution >= 0.6 is 0 Å². The lowest BCUT2D eigenvalue weighted by Gasteiger charge is -2.14. The summed E-state index contributed by atoms with van der Waals surface area (Å²) < 4.78 is 0. The zero-order chi connectivity index (χ0) is 11.7. The van der Waals surface area contributed by atoms with Crippen LogP contribution in [0.25, 0.3) is 0 Å². The first-order valence-electron chi connectivity index (χ1n) is 5.57. The van der Waals surface area contributed by atoms with Gasteiger partial charge in [-0.1, -0.05) is 0 Å². The maximum atomic E-state index is 11.2. The van der Waals surface area contributed by atoms with Crippen LogP contribution in [0.1, 0.15) is 35.8 Å². The van der Waals surface area contributed by atoms with E-state index in [-0.39, 0.29) is 0 Å². The number of H-pyrrole nitrogens is 1. The number of carbonyl (C=O) groups is 1. The van der Waals surface area contributed by atoms with E-state index in [0.29, 0.717) is 5.92 Å². The van der Waals surface area contributed by atoms with E-state index in [0.717, 1.165) is 23.5 Å². The lowest BCUT2D eigenvalue weighted by Crippen LogP contribution is -2.30. The average molecular weight is 223 g/mol. The van der Waals surface area contributed by atoms with Crippen LogP contribution in [0.15, 0.2) is 0 Å². The summed E-state index contributed by atoms with van der Waals surface area (Å²) in [5.41, 5.74) is 2.36. The van der Waals surface area contributed by atoms with Crippen LogP contribution in [0, 0.1) is 19.8 Å². The van der Waals surface area contributed by atoms with Crippen molar-refractivity contribution in [1.82, 2.24) is 15.5 Å². The SMILES string of the molecule is Cc1n[nH]c(C)c1C(NCC1CC1)C(=O)O. The molecule has 1 aromatic rings. The first-order valence-corrected chi connectivity index (χ1v) is 5.57. The van der Waals surface area contributed by atoms with Crippen LogP contribution in [0.4, 0.5) is 0 Å². The topological polar surface area (TPSA) is 78.0 Å². The smallest absolute Gasteiger partial charge is 0.325 e. The summed E-state index contributed by atoms with van der Waals surface area (Å²) in [5.74, 6) is -0.178. The fraction of sp³-hybridized carbons (Fsp3) is 0.636. The number of rotatable bonds is 5. The summed E-state index contributed by atoms with van der Waals surface area (Å²) in [7, 11) is 0. The summed E-state index contributed by atoms with van der Waals surface area (Å²) in [6.07, 6.45) is 2.42. The molecule has 0 aromatic carbocycles. The van der Waals surface area contributed by atoms with Gasteiger partial charge in [0.1, 0.15) is 6.04 Å². The molecule has 1 fully saturated rings. The highest BCUT2D eigenvalue weighted by Gasteiger charge is 2.28. The van der Waals surface area contributed by atoms with Crippen LogP contribution in [-0.4, -0.2) is 27.8 Å². The number of aromatic nitrogens is 2. The molecule has 0 radical (unpaired) electrons. The van der Waals surface area contributed by atoms with Crippen molar-refractivity contribution in [3.63, 3.8) is 0 Å². The minimum Gasteiger partial charge on any atom is -0.480 e. The van der Waals surface area contributed by atoms with Gasteiger partial charge in [0.25, 0.3) is 0 Å². The number of aromatic amines is 1. The van der Waals surface area contributed by atoms with Crippen molar-refractivity contribution >= 4 is 5.97 Å². The van der Waals surface area contributed by atoms with Gasteiger partial charge in [0.2, 0.25) is 0 Å². The third-order valence-corrected chi connectivity index (χ3v) is 3.03. The molecular formula is C11H17N3O2. The molecule has 2 rings (SSSR count). The molecule has 5 heteroatoms. The zero-order valence-electron chi connectivity index (χ0n) is 9.58. The molecule has 1 aliphatic carbocycles. The van der Waals surface area contributed by atoms with Gasteiger partial charge in [-0.15, -0.1) is 0 Å². The van der Waals surface area contributed by atoms with Gasteiger partial charge in [-0.25, -0.2) is 0 Å². The Morgan fingerprint density at radius 1 is 1.62 bits per heavy atom. The molecule has 16 heavy (non-hydrogen) atoms. The Bertz CT molecular complexity index is 376. The summed E-state index contributed by atoms with van der Waals surface area (Å²) in [6.45, 7) is 4.46. The van der Waals surface area contributed by atoms with Crippen molar-refractivity contribution in [2.75, 3.05) is 6.54 Å². The zero-order valence-corrected chi connectivity index (χ0v) is 9.58. The average Bonchev–Trinajstić information content (AvgIpc) is 2.98. The molecule has 0 aliphatic heterocycles. The second-order valence-electron chi connectivity index (χ2n) is 4.47. The van der Waals surface area contributed by atoms with E-state index < -0.39 is 12.0 Å². The lowest BCUT2D eigenvalue weighted by molar-refractivity contribution is -0.139. The molecule has 1 saturated carbocycles. The molecule has 1 heterocycles. The largest absolute Gasteiger partial charge is 0.480 e. The monoisotopic (exact) mass is 223 g/mol. The molecule has 3 N–H and O–H groups in total. The van der Waals surface area contributed by atoms with E-state index in [1.807, 2.05) is 13.8 Å². The van der Waals surface area contributed by atoms with Gasteiger partial charge in [0.05, 0.1) is 5.69 Å². The van der Waals surface area contributed by atoms with Crippen LogP contribution in [-0.2, 0) is 4.79 Å². The number of aliphatic carboxylic acids is 1. The molecule has 88 valence electrons. The highest BCUT2D eigenvalue weighted by Crippen LogP contribution is 2.29. The highest BCUT2D eigenvalue weighted by molar-refractivity contribution is 5.76. The van der Waals surface area contributed by atoms with E-state index in [2.05, 4.69) is 15.5 Å². The molecule has 0 amide bonds. The Morgan fingerprint density at radius 3 is 2.75 bits per heavy atom. The third-order valence-electron chi connectivity index (χ3n) is 3.03. The van der Waals surface area contributed by atoms with E-state index in [1.165, 1.54) is 12.8 Å². The van der Waals surface area contributed by atoms with Gasteiger partial charge >= 0.3 is 5.97 Å². The summed E-state index contributed by atoms with van der Waals surface area (Å²) in [6, 6.07) is -0.639. The Labute approximate surface area is 94.2 Å². The number of carboxylic acid groups (broad SMARTS) is 1. The second kappa shape index (κ2) is 4.25. The summed E-state index contributed by atoms with van der Waals surface area (Å²) in [5, 5.41) is 19.2. The van der Waals surface area contributed by atoms with Crippen LogP contribution in [0.2, 0.25) is 0 Å². The maximum Gasteiger partial charge on any atom is 0.325 e. The number of carboxylic acids is 1. The van der Waals surface area contributed by atoms with Gasteiger partial charge in [-0.05, 0) is 39.2 Å². The van der Waals surface area contributed by atoms with Crippen LogP contribution in [0.3, 0.4) is 0 Å². The van der Waals surface area contributed by atoms with Crippen molar-refractivity contribution < 1.29 is 9.90 Å². The Morgan fingerprint density at radius 2 is 2.31 bits per heavy atom. The number of hydrogen-bond donors (Lipinski definition) is 3. The highest BCUT2D eigenvalue weighted by atomic mass is 16.4. The van der Waals surface area contributed by atoms with Gasteiger partial charge in [-0.3, -0.25) is 9.89 Å². The first kappa shape index (κ1) is 11.1. The second-order valence-corrected chi connectivity index (χ2v) is 4.47. The standard InChI is InChI=1S/C11H17N3O2/c1-6-9(7(2)14-13-6)10(11(15)16)12-5-8-3-4-8/h8,10,12H,3-5H2,1-2H3,(H,13,14)(H,15,16). The van der Waals surface area contributed by atoms with Gasteiger partial charge in [0.15, 0.2) is 0 Å². The number of aryl methyl sites for hydroxylation is 2. The van der Waals surface area contributed by atoms with Gasteiger partial charge in [-0.2, -0.15) is 5.10 Å². The summed E-state index contributed by atoms with van der Waals surface area (Å²) >= 11 is 0. The van der Waals surface area contributed by atoms with Crippen molar-refractivity contribution in [2.45, 2.75) is 32.7 Å². The normalized spacial score (nSPS) is 17.4. The predicted molar refractivity (Wildman–Crippen MR) is 59.2 cm³/mol. The Kier molecular flexibility index (Phi) is 2.96. The number of hydrogen-bond acceptors (Lipinski definition) is 3. The molecular weight excluding hydrogens is 206 g/mol. The van der Waals surface area contributed by atoms with E-state index >= 15 is 0 Å². The van der Waals surface area contributed by atoms with Crippen molar-refractivity contribution in [2.24, 2.45) is 5.92 Å². The van der Waals surface area contributed by atoms with Crippen LogP contribution < -0.4 is 5.32 Å². The minimum absolute atomic E-state index is 0.639. The number of nitrogens with one attached hydrogen (secondary N) is 2. The minimum atomic E-state index is -0.840. The van der Waals surface area contributed by atoms with Crippen molar-refractivity contribution in [1.29, 1.82) is 0 Å². The fourth-order valence-electron chi connectivity index (χ4n) is 1.90. The third kappa shape index (κ3) is 2.24.